The molecule has 2 aliphatic carbocycles. The van der Waals surface area contributed by atoms with Gasteiger partial charge in [0.1, 0.15) is 0 Å². The number of nitrogens with zero attached hydrogens (tertiary/aromatic N) is 2. The number of sulfone groups is 1. The number of hydrogen-bond acceptors (Lipinski definition) is 5. The Morgan fingerprint density at radius 2 is 1.96 bits per heavy atom. The second kappa shape index (κ2) is 6.82. The highest BCUT2D eigenvalue weighted by atomic mass is 32.2. The van der Waals surface area contributed by atoms with Gasteiger partial charge in [0.05, 0.1) is 17.5 Å². The van der Waals surface area contributed by atoms with Gasteiger partial charge in [-0.3, -0.25) is 9.59 Å². The molecule has 0 unspecified atom stereocenters. The molecule has 2 saturated heterocycles. The Balaban J connectivity index is 1.52. The van der Waals surface area contributed by atoms with E-state index in [1.54, 1.807) is 0 Å². The molecule has 7 nitrogen and oxygen atoms in total. The number of aliphatic imine (C=N–C) groups is 1. The van der Waals surface area contributed by atoms with Crippen molar-refractivity contribution >= 4 is 38.6 Å². The van der Waals surface area contributed by atoms with E-state index in [-0.39, 0.29) is 48.0 Å². The summed E-state index contributed by atoms with van der Waals surface area (Å²) in [5.41, 5.74) is 0. The van der Waals surface area contributed by atoms with Gasteiger partial charge >= 0.3 is 5.97 Å². The fourth-order valence-electron chi connectivity index (χ4n) is 5.08. The number of carbonyl (C=O) groups is 2. The average molecular weight is 401 g/mol. The van der Waals surface area contributed by atoms with E-state index in [4.69, 9.17) is 5.11 Å². The summed E-state index contributed by atoms with van der Waals surface area (Å²) >= 11 is 1.43. The highest BCUT2D eigenvalue weighted by Crippen LogP contribution is 2.51. The van der Waals surface area contributed by atoms with Gasteiger partial charge in [0.2, 0.25) is 5.91 Å². The van der Waals surface area contributed by atoms with E-state index in [1.165, 1.54) is 31.0 Å². The van der Waals surface area contributed by atoms with Crippen LogP contribution in [0, 0.1) is 11.8 Å². The quantitative estimate of drug-likeness (QED) is 0.746. The Hall–Kier alpha value is -1.09. The number of carboxylic acid groups (broad SMARTS) is 1. The van der Waals surface area contributed by atoms with Crippen LogP contribution in [0.15, 0.2) is 4.99 Å². The number of aliphatic carboxylic acids is 1. The van der Waals surface area contributed by atoms with Crippen molar-refractivity contribution in [3.63, 3.8) is 0 Å². The molecule has 5 atom stereocenters. The summed E-state index contributed by atoms with van der Waals surface area (Å²) in [5.74, 6) is 0.403. The SMILES string of the molecule is O=C(O)CCCC(=O)N=C1S[C@@H]2CS(=O)(=O)C[C@@H]2N1[C@@H]1C[C@H]2CC[C@H]1C2. The van der Waals surface area contributed by atoms with Gasteiger partial charge in [0.25, 0.3) is 0 Å². The smallest absolute Gasteiger partial charge is 0.303 e. The molecule has 1 amide bonds. The van der Waals surface area contributed by atoms with E-state index in [2.05, 4.69) is 9.89 Å². The van der Waals surface area contributed by atoms with Crippen molar-refractivity contribution < 1.29 is 23.1 Å². The number of rotatable bonds is 5. The van der Waals surface area contributed by atoms with Crippen LogP contribution in [0.3, 0.4) is 0 Å². The van der Waals surface area contributed by atoms with E-state index >= 15 is 0 Å². The second-order valence-corrected chi connectivity index (χ2v) is 11.3. The van der Waals surface area contributed by atoms with Crippen molar-refractivity contribution in [1.82, 2.24) is 4.90 Å². The zero-order valence-corrected chi connectivity index (χ0v) is 16.2. The summed E-state index contributed by atoms with van der Waals surface area (Å²) in [7, 11) is -3.02. The lowest BCUT2D eigenvalue weighted by atomic mass is 9.93. The van der Waals surface area contributed by atoms with Crippen LogP contribution in [0.4, 0.5) is 0 Å². The zero-order valence-electron chi connectivity index (χ0n) is 14.5. The third-order valence-corrected chi connectivity index (χ3v) is 9.39. The molecule has 1 N–H and O–H groups in total. The van der Waals surface area contributed by atoms with Crippen molar-refractivity contribution in [2.24, 2.45) is 16.8 Å². The molecule has 144 valence electrons. The van der Waals surface area contributed by atoms with Crippen LogP contribution >= 0.6 is 11.8 Å². The van der Waals surface area contributed by atoms with Gasteiger partial charge in [-0.2, -0.15) is 4.99 Å². The molecule has 2 saturated carbocycles. The molecule has 0 spiro atoms. The summed E-state index contributed by atoms with van der Waals surface area (Å²) in [4.78, 5) is 29.3. The van der Waals surface area contributed by atoms with Gasteiger partial charge in [-0.1, -0.05) is 18.2 Å². The molecular weight excluding hydrogens is 376 g/mol. The number of amidine groups is 1. The fraction of sp³-hybridized carbons (Fsp3) is 0.824. The molecule has 0 radical (unpaired) electrons. The zero-order chi connectivity index (χ0) is 18.5. The van der Waals surface area contributed by atoms with Crippen molar-refractivity contribution in [1.29, 1.82) is 0 Å². The number of carboxylic acids is 1. The third kappa shape index (κ3) is 3.52. The van der Waals surface area contributed by atoms with E-state index < -0.39 is 15.8 Å². The highest BCUT2D eigenvalue weighted by molar-refractivity contribution is 8.15. The summed E-state index contributed by atoms with van der Waals surface area (Å²) in [6.45, 7) is 0. The Labute approximate surface area is 157 Å². The average Bonchev–Trinajstić information content (AvgIpc) is 3.26. The van der Waals surface area contributed by atoms with Crippen LogP contribution in [0.1, 0.15) is 44.9 Å². The molecule has 0 aromatic rings. The normalized spacial score (nSPS) is 38.8. The largest absolute Gasteiger partial charge is 0.481 e. The molecule has 2 bridgehead atoms. The minimum atomic E-state index is -3.02. The lowest BCUT2D eigenvalue weighted by Gasteiger charge is -2.36. The molecule has 2 heterocycles. The summed E-state index contributed by atoms with van der Waals surface area (Å²) in [5, 5.41) is 9.33. The molecule has 9 heteroatoms. The van der Waals surface area contributed by atoms with Gasteiger partial charge in [-0.25, -0.2) is 8.42 Å². The van der Waals surface area contributed by atoms with Crippen LogP contribution in [0.25, 0.3) is 0 Å². The maximum Gasteiger partial charge on any atom is 0.303 e. The predicted molar refractivity (Wildman–Crippen MR) is 98.8 cm³/mol. The van der Waals surface area contributed by atoms with Crippen molar-refractivity contribution in [2.75, 3.05) is 11.5 Å². The fourth-order valence-corrected chi connectivity index (χ4v) is 9.07. The first-order valence-electron chi connectivity index (χ1n) is 9.31. The van der Waals surface area contributed by atoms with Gasteiger partial charge < -0.3 is 10.0 Å². The standard InChI is InChI=1S/C17H24N2O5S2/c20-15(2-1-3-16(21)22)18-17-19(12-7-10-4-5-11(12)6-10)13-8-26(23,24)9-14(13)25-17/h10-14H,1-9H2,(H,21,22)/t10-,11-,12+,13-,14+/m0/s1. The van der Waals surface area contributed by atoms with E-state index in [9.17, 15) is 18.0 Å². The second-order valence-electron chi connectivity index (χ2n) is 7.99. The van der Waals surface area contributed by atoms with Gasteiger partial charge in [0, 0.05) is 24.1 Å². The predicted octanol–water partition coefficient (Wildman–Crippen LogP) is 1.53. The summed E-state index contributed by atoms with van der Waals surface area (Å²) < 4.78 is 24.2. The minimum absolute atomic E-state index is 0.0373. The monoisotopic (exact) mass is 400 g/mol. The molecule has 0 aromatic carbocycles. The Bertz CT molecular complexity index is 750. The van der Waals surface area contributed by atoms with E-state index in [1.807, 2.05) is 0 Å². The number of fused-ring (bicyclic) bond motifs is 3. The van der Waals surface area contributed by atoms with Crippen LogP contribution < -0.4 is 0 Å². The summed E-state index contributed by atoms with van der Waals surface area (Å²) in [6.07, 6.45) is 5.08. The number of amides is 1. The van der Waals surface area contributed by atoms with Crippen molar-refractivity contribution in [2.45, 2.75) is 62.3 Å². The van der Waals surface area contributed by atoms with Gasteiger partial charge in [-0.05, 0) is 37.5 Å². The topological polar surface area (TPSA) is 104 Å². The Kier molecular flexibility index (Phi) is 4.79. The third-order valence-electron chi connectivity index (χ3n) is 6.17. The molecule has 4 aliphatic rings. The highest BCUT2D eigenvalue weighted by Gasteiger charge is 2.54. The Morgan fingerprint density at radius 1 is 1.15 bits per heavy atom. The molecule has 4 fully saturated rings. The van der Waals surface area contributed by atoms with Crippen LogP contribution in [-0.4, -0.2) is 64.3 Å². The number of thioether (sulfide) groups is 1. The lowest BCUT2D eigenvalue weighted by Crippen LogP contribution is -2.47. The van der Waals surface area contributed by atoms with E-state index in [0.717, 1.165) is 12.3 Å². The van der Waals surface area contributed by atoms with Gasteiger partial charge in [0.15, 0.2) is 15.0 Å². The molecule has 26 heavy (non-hydrogen) atoms. The first-order chi connectivity index (χ1) is 12.3. The molecule has 0 aromatic heterocycles. The van der Waals surface area contributed by atoms with Crippen LogP contribution in [-0.2, 0) is 19.4 Å². The van der Waals surface area contributed by atoms with Crippen LogP contribution in [0.2, 0.25) is 0 Å². The minimum Gasteiger partial charge on any atom is -0.481 e. The number of hydrogen-bond donors (Lipinski definition) is 1. The van der Waals surface area contributed by atoms with Crippen molar-refractivity contribution in [3.8, 4) is 0 Å². The Morgan fingerprint density at radius 3 is 2.62 bits per heavy atom. The first kappa shape index (κ1) is 18.3. The molecule has 2 aliphatic heterocycles. The summed E-state index contributed by atoms with van der Waals surface area (Å²) in [6, 6.07) is 0.232. The van der Waals surface area contributed by atoms with Crippen LogP contribution in [0.5, 0.6) is 0 Å². The van der Waals surface area contributed by atoms with Crippen molar-refractivity contribution in [3.05, 3.63) is 0 Å². The molecular formula is C17H24N2O5S2. The maximum absolute atomic E-state index is 12.2. The number of carbonyl (C=O) groups excluding carboxylic acids is 1. The van der Waals surface area contributed by atoms with Gasteiger partial charge in [-0.15, -0.1) is 0 Å². The maximum atomic E-state index is 12.2. The molecule has 4 rings (SSSR count). The first-order valence-corrected chi connectivity index (χ1v) is 12.0. The lowest BCUT2D eigenvalue weighted by molar-refractivity contribution is -0.137. The van der Waals surface area contributed by atoms with E-state index in [0.29, 0.717) is 17.1 Å².